The van der Waals surface area contributed by atoms with Gasteiger partial charge in [0.05, 0.1) is 10.9 Å². The largest absolute Gasteiger partial charge is 0.333 e. The highest BCUT2D eigenvalue weighted by molar-refractivity contribution is 7.16. The highest BCUT2D eigenvalue weighted by atomic mass is 35.5. The van der Waals surface area contributed by atoms with E-state index in [1.807, 2.05) is 17.5 Å². The van der Waals surface area contributed by atoms with Crippen molar-refractivity contribution in [2.24, 2.45) is 0 Å². The van der Waals surface area contributed by atoms with Gasteiger partial charge in [0.15, 0.2) is 0 Å². The average Bonchev–Trinajstić information content (AvgIpc) is 3.09. The molecule has 1 aliphatic rings. The van der Waals surface area contributed by atoms with E-state index in [1.165, 1.54) is 28.7 Å². The van der Waals surface area contributed by atoms with Crippen molar-refractivity contribution in [2.45, 2.75) is 12.5 Å². The quantitative estimate of drug-likeness (QED) is 0.779. The van der Waals surface area contributed by atoms with Gasteiger partial charge in [0.25, 0.3) is 0 Å². The maximum Gasteiger partial charge on any atom is 0.246 e. The summed E-state index contributed by atoms with van der Waals surface area (Å²) in [5, 5.41) is 11.2. The zero-order valence-corrected chi connectivity index (χ0v) is 13.4. The van der Waals surface area contributed by atoms with Crippen molar-refractivity contribution in [2.75, 3.05) is 6.54 Å². The predicted octanol–water partition coefficient (Wildman–Crippen LogP) is 3.99. The Labute approximate surface area is 135 Å². The van der Waals surface area contributed by atoms with Gasteiger partial charge in [0.1, 0.15) is 10.9 Å². The molecule has 1 amide bonds. The number of carbonyl (C=O) groups excluding carboxylic acids is 1. The summed E-state index contributed by atoms with van der Waals surface area (Å²) in [5.74, 6) is -0.0915. The second-order valence-electron chi connectivity index (χ2n) is 4.72. The topological polar surface area (TPSA) is 44.1 Å². The molecule has 3 rings (SSSR count). The molecule has 0 saturated carbocycles. The van der Waals surface area contributed by atoms with Gasteiger partial charge in [0, 0.05) is 17.3 Å². The average molecular weight is 335 g/mol. The van der Waals surface area contributed by atoms with Gasteiger partial charge in [-0.15, -0.1) is 22.7 Å². The van der Waals surface area contributed by atoms with Gasteiger partial charge in [-0.3, -0.25) is 4.79 Å². The summed E-state index contributed by atoms with van der Waals surface area (Å²) in [7, 11) is 0. The lowest BCUT2D eigenvalue weighted by Crippen LogP contribution is -2.36. The van der Waals surface area contributed by atoms with Crippen LogP contribution < -0.4 is 0 Å². The number of hydrogen-bond acceptors (Lipinski definition) is 4. The van der Waals surface area contributed by atoms with E-state index in [0.29, 0.717) is 22.3 Å². The maximum absolute atomic E-state index is 12.0. The first-order valence-corrected chi connectivity index (χ1v) is 8.38. The van der Waals surface area contributed by atoms with Crippen LogP contribution in [0.3, 0.4) is 0 Å². The zero-order chi connectivity index (χ0) is 15.0. The molecule has 1 aliphatic heterocycles. The molecule has 2 aromatic heterocycles. The van der Waals surface area contributed by atoms with Crippen molar-refractivity contribution in [3.63, 3.8) is 0 Å². The number of hydrogen-bond donors (Lipinski definition) is 0. The minimum atomic E-state index is -0.0936. The second kappa shape index (κ2) is 5.64. The number of carbonyl (C=O) groups is 1. The Morgan fingerprint density at radius 1 is 1.57 bits per heavy atom. The lowest BCUT2D eigenvalue weighted by atomic mass is 9.89. The number of nitrogens with zero attached hydrogens (tertiary/aromatic N) is 2. The van der Waals surface area contributed by atoms with E-state index >= 15 is 0 Å². The Morgan fingerprint density at radius 2 is 2.38 bits per heavy atom. The molecule has 0 bridgehead atoms. The van der Waals surface area contributed by atoms with Crippen molar-refractivity contribution in [3.05, 3.63) is 55.4 Å². The van der Waals surface area contributed by atoms with Crippen molar-refractivity contribution < 1.29 is 4.79 Å². The van der Waals surface area contributed by atoms with Crippen LogP contribution in [-0.2, 0) is 11.3 Å². The molecule has 3 heterocycles. The maximum atomic E-state index is 12.0. The van der Waals surface area contributed by atoms with Crippen molar-refractivity contribution in [3.8, 4) is 6.07 Å². The summed E-state index contributed by atoms with van der Waals surface area (Å²) in [5.41, 5.74) is 2.10. The van der Waals surface area contributed by atoms with Crippen LogP contribution in [0.5, 0.6) is 0 Å². The minimum Gasteiger partial charge on any atom is -0.333 e. The molecule has 0 fully saturated rings. The molecular formula is C15H11ClN2OS2. The van der Waals surface area contributed by atoms with Gasteiger partial charge in [0.2, 0.25) is 5.91 Å². The number of fused-ring (bicyclic) bond motifs is 1. The Hall–Kier alpha value is -1.61. The molecule has 0 spiro atoms. The fraction of sp³-hybridized carbons (Fsp3) is 0.200. The number of amides is 1. The predicted molar refractivity (Wildman–Crippen MR) is 85.8 cm³/mol. The van der Waals surface area contributed by atoms with E-state index in [1.54, 1.807) is 4.90 Å². The molecule has 1 atom stereocenters. The summed E-state index contributed by atoms with van der Waals surface area (Å²) >= 11 is 9.06. The fourth-order valence-corrected chi connectivity index (χ4v) is 4.74. The SMILES string of the molecule is C=CC(=O)N1Cc2sc(Cl)cc2[C@H](c2ccsc2C#N)C1. The third-order valence-corrected chi connectivity index (χ3v) is 5.68. The first-order chi connectivity index (χ1) is 10.1. The van der Waals surface area contributed by atoms with Crippen molar-refractivity contribution >= 4 is 40.2 Å². The lowest BCUT2D eigenvalue weighted by molar-refractivity contribution is -0.127. The smallest absolute Gasteiger partial charge is 0.246 e. The molecule has 2 aromatic rings. The highest BCUT2D eigenvalue weighted by Crippen LogP contribution is 2.41. The minimum absolute atomic E-state index is 0.00213. The van der Waals surface area contributed by atoms with Crippen LogP contribution in [0.25, 0.3) is 0 Å². The number of nitriles is 1. The molecule has 0 aliphatic carbocycles. The van der Waals surface area contributed by atoms with Crippen LogP contribution in [0.1, 0.15) is 26.8 Å². The molecule has 21 heavy (non-hydrogen) atoms. The summed E-state index contributed by atoms with van der Waals surface area (Å²) in [6.07, 6.45) is 1.33. The third-order valence-electron chi connectivity index (χ3n) is 3.58. The van der Waals surface area contributed by atoms with E-state index < -0.39 is 0 Å². The third kappa shape index (κ3) is 2.51. The van der Waals surface area contributed by atoms with Gasteiger partial charge in [-0.1, -0.05) is 18.2 Å². The first-order valence-electron chi connectivity index (χ1n) is 6.31. The monoisotopic (exact) mass is 334 g/mol. The van der Waals surface area contributed by atoms with Crippen LogP contribution >= 0.6 is 34.3 Å². The van der Waals surface area contributed by atoms with E-state index in [2.05, 4.69) is 12.6 Å². The molecule has 0 radical (unpaired) electrons. The molecule has 3 nitrogen and oxygen atoms in total. The van der Waals surface area contributed by atoms with Gasteiger partial charge in [-0.25, -0.2) is 0 Å². The lowest BCUT2D eigenvalue weighted by Gasteiger charge is -2.32. The standard InChI is InChI=1S/C15H11ClN2OS2/c1-2-15(19)18-7-11(9-3-4-20-12(9)6-17)10-5-14(16)21-13(10)8-18/h2-5,11H,1,7-8H2/t11-/m0/s1. The summed E-state index contributed by atoms with van der Waals surface area (Å²) in [4.78, 5) is 15.5. The summed E-state index contributed by atoms with van der Waals surface area (Å²) in [6.45, 7) is 4.66. The first kappa shape index (κ1) is 14.3. The molecule has 106 valence electrons. The number of thiophene rings is 2. The molecule has 0 saturated heterocycles. The van der Waals surface area contributed by atoms with Gasteiger partial charge >= 0.3 is 0 Å². The van der Waals surface area contributed by atoms with Crippen molar-refractivity contribution in [1.82, 2.24) is 4.90 Å². The normalized spacial score (nSPS) is 17.1. The van der Waals surface area contributed by atoms with Gasteiger partial charge in [-0.05, 0) is 34.7 Å². The van der Waals surface area contributed by atoms with Crippen molar-refractivity contribution in [1.29, 1.82) is 5.26 Å². The van der Waals surface area contributed by atoms with Crippen LogP contribution in [0.15, 0.2) is 30.2 Å². The van der Waals surface area contributed by atoms with E-state index in [4.69, 9.17) is 11.6 Å². The van der Waals surface area contributed by atoms with Crippen LogP contribution in [0.4, 0.5) is 0 Å². The van der Waals surface area contributed by atoms with E-state index in [9.17, 15) is 10.1 Å². The second-order valence-corrected chi connectivity index (χ2v) is 7.41. The van der Waals surface area contributed by atoms with E-state index in [-0.39, 0.29) is 11.8 Å². The van der Waals surface area contributed by atoms with Gasteiger partial charge < -0.3 is 4.90 Å². The Kier molecular flexibility index (Phi) is 3.85. The Balaban J connectivity index is 2.08. The van der Waals surface area contributed by atoms with E-state index in [0.717, 1.165) is 16.0 Å². The summed E-state index contributed by atoms with van der Waals surface area (Å²) < 4.78 is 0.714. The molecule has 0 N–H and O–H groups in total. The molecule has 6 heteroatoms. The highest BCUT2D eigenvalue weighted by Gasteiger charge is 2.31. The van der Waals surface area contributed by atoms with Gasteiger partial charge in [-0.2, -0.15) is 5.26 Å². The molecule has 0 unspecified atom stereocenters. The van der Waals surface area contributed by atoms with Crippen LogP contribution in [0, 0.1) is 11.3 Å². The molecule has 0 aromatic carbocycles. The number of rotatable bonds is 2. The number of halogens is 1. The molecular weight excluding hydrogens is 324 g/mol. The van der Waals surface area contributed by atoms with Crippen LogP contribution in [-0.4, -0.2) is 17.4 Å². The summed E-state index contributed by atoms with van der Waals surface area (Å²) in [6, 6.07) is 6.16. The Morgan fingerprint density at radius 3 is 3.10 bits per heavy atom. The zero-order valence-electron chi connectivity index (χ0n) is 11.0. The van der Waals surface area contributed by atoms with Crippen LogP contribution in [0.2, 0.25) is 4.34 Å². The Bertz CT molecular complexity index is 756. The fourth-order valence-electron chi connectivity index (χ4n) is 2.63.